The lowest BCUT2D eigenvalue weighted by molar-refractivity contribution is 0.00842. The van der Waals surface area contributed by atoms with E-state index < -0.39 is 5.91 Å². The second-order valence-electron chi connectivity index (χ2n) is 3.55. The Morgan fingerprint density at radius 2 is 2.00 bits per heavy atom. The van der Waals surface area contributed by atoms with Crippen LogP contribution in [-0.4, -0.2) is 49.7 Å². The Kier molecular flexibility index (Phi) is 6.72. The third kappa shape index (κ3) is 5.16. The highest BCUT2D eigenvalue weighted by atomic mass is 16.7. The highest BCUT2D eigenvalue weighted by Gasteiger charge is 2.09. The summed E-state index contributed by atoms with van der Waals surface area (Å²) in [6.45, 7) is 1.20. The number of ether oxygens (including phenoxy) is 2. The fourth-order valence-corrected chi connectivity index (χ4v) is 1.20. The summed E-state index contributed by atoms with van der Waals surface area (Å²) in [7, 11) is 3.05. The van der Waals surface area contributed by atoms with Crippen LogP contribution in [0.1, 0.15) is 10.5 Å². The zero-order valence-electron chi connectivity index (χ0n) is 10.9. The number of nitrogens with one attached hydrogen (secondary N) is 1. The minimum absolute atomic E-state index is 0.0909. The van der Waals surface area contributed by atoms with Crippen molar-refractivity contribution in [3.05, 3.63) is 28.2 Å². The van der Waals surface area contributed by atoms with Crippen LogP contribution in [0.15, 0.2) is 16.9 Å². The molecule has 8 nitrogen and oxygen atoms in total. The number of carbonyl (C=O) groups excluding carboxylic acids is 1. The molecule has 0 saturated carbocycles. The lowest BCUT2D eigenvalue weighted by Crippen LogP contribution is -2.31. The highest BCUT2D eigenvalue weighted by molar-refractivity contribution is 5.91. The number of methoxy groups -OCH3 is 2. The third-order valence-electron chi connectivity index (χ3n) is 2.16. The van der Waals surface area contributed by atoms with Crippen LogP contribution in [0.25, 0.3) is 0 Å². The zero-order chi connectivity index (χ0) is 14.1. The molecule has 1 heterocycles. The molecule has 8 heteroatoms. The van der Waals surface area contributed by atoms with E-state index in [1.54, 1.807) is 0 Å². The van der Waals surface area contributed by atoms with Crippen molar-refractivity contribution < 1.29 is 19.1 Å². The summed E-state index contributed by atoms with van der Waals surface area (Å²) in [6.07, 6.45) is 0. The van der Waals surface area contributed by atoms with Crippen molar-refractivity contribution in [3.8, 4) is 0 Å². The van der Waals surface area contributed by atoms with E-state index in [2.05, 4.69) is 10.6 Å². The van der Waals surface area contributed by atoms with E-state index in [9.17, 15) is 9.59 Å². The second-order valence-corrected chi connectivity index (χ2v) is 3.55. The molecule has 0 atom stereocenters. The molecular weight excluding hydrogens is 254 g/mol. The van der Waals surface area contributed by atoms with E-state index in [1.807, 2.05) is 0 Å². The number of aromatic nitrogens is 2. The topological polar surface area (TPSA) is 91.7 Å². The van der Waals surface area contributed by atoms with Crippen LogP contribution in [0.3, 0.4) is 0 Å². The summed E-state index contributed by atoms with van der Waals surface area (Å²) in [5, 5.41) is 3.91. The van der Waals surface area contributed by atoms with Crippen LogP contribution in [-0.2, 0) is 20.9 Å². The van der Waals surface area contributed by atoms with Crippen LogP contribution < -0.4 is 11.0 Å². The SMILES string of the molecule is COCCONC(=O)c1ccc(=O)n(CCOC)n1. The van der Waals surface area contributed by atoms with E-state index in [0.717, 1.165) is 4.68 Å². The fourth-order valence-electron chi connectivity index (χ4n) is 1.20. The van der Waals surface area contributed by atoms with Crippen molar-refractivity contribution in [3.63, 3.8) is 0 Å². The number of hydrogen-bond donors (Lipinski definition) is 1. The average molecular weight is 271 g/mol. The molecule has 0 spiro atoms. The van der Waals surface area contributed by atoms with E-state index in [0.29, 0.717) is 13.2 Å². The molecule has 0 unspecified atom stereocenters. The molecular formula is C11H17N3O5. The molecule has 0 radical (unpaired) electrons. The minimum atomic E-state index is -0.526. The van der Waals surface area contributed by atoms with E-state index in [4.69, 9.17) is 14.3 Å². The third-order valence-corrected chi connectivity index (χ3v) is 2.16. The van der Waals surface area contributed by atoms with Gasteiger partial charge in [0.05, 0.1) is 26.4 Å². The van der Waals surface area contributed by atoms with Gasteiger partial charge in [-0.15, -0.1) is 0 Å². The molecule has 1 rings (SSSR count). The summed E-state index contributed by atoms with van der Waals surface area (Å²) >= 11 is 0. The van der Waals surface area contributed by atoms with E-state index in [-0.39, 0.29) is 24.4 Å². The smallest absolute Gasteiger partial charge is 0.295 e. The van der Waals surface area contributed by atoms with Gasteiger partial charge < -0.3 is 9.47 Å². The fraction of sp³-hybridized carbons (Fsp3) is 0.545. The van der Waals surface area contributed by atoms with Crippen molar-refractivity contribution in [1.29, 1.82) is 0 Å². The number of hydrogen-bond acceptors (Lipinski definition) is 6. The van der Waals surface area contributed by atoms with Crippen LogP contribution in [0, 0.1) is 0 Å². The summed E-state index contributed by atoms with van der Waals surface area (Å²) in [5.41, 5.74) is 2.00. The molecule has 0 aliphatic carbocycles. The van der Waals surface area contributed by atoms with Gasteiger partial charge in [0, 0.05) is 20.3 Å². The molecule has 106 valence electrons. The van der Waals surface area contributed by atoms with Gasteiger partial charge in [0.25, 0.3) is 11.5 Å². The van der Waals surface area contributed by atoms with Gasteiger partial charge in [0.1, 0.15) is 0 Å². The predicted molar refractivity (Wildman–Crippen MR) is 65.7 cm³/mol. The van der Waals surface area contributed by atoms with Gasteiger partial charge in [-0.05, 0) is 6.07 Å². The summed E-state index contributed by atoms with van der Waals surface area (Å²) in [4.78, 5) is 28.0. The molecule has 19 heavy (non-hydrogen) atoms. The van der Waals surface area contributed by atoms with Crippen LogP contribution in [0.4, 0.5) is 0 Å². The van der Waals surface area contributed by atoms with Gasteiger partial charge in [-0.25, -0.2) is 10.2 Å². The van der Waals surface area contributed by atoms with Crippen molar-refractivity contribution >= 4 is 5.91 Å². The van der Waals surface area contributed by atoms with E-state index >= 15 is 0 Å². The van der Waals surface area contributed by atoms with E-state index in [1.165, 1.54) is 26.4 Å². The highest BCUT2D eigenvalue weighted by Crippen LogP contribution is 1.91. The maximum atomic E-state index is 11.7. The summed E-state index contributed by atoms with van der Waals surface area (Å²) < 4.78 is 10.8. The predicted octanol–water partition coefficient (Wildman–Crippen LogP) is -0.802. The Hall–Kier alpha value is -1.77. The normalized spacial score (nSPS) is 10.4. The first kappa shape index (κ1) is 15.3. The zero-order valence-corrected chi connectivity index (χ0v) is 10.9. The minimum Gasteiger partial charge on any atom is -0.383 e. The Bertz CT molecular complexity index is 460. The molecule has 1 aromatic rings. The Balaban J connectivity index is 2.61. The van der Waals surface area contributed by atoms with Gasteiger partial charge in [-0.2, -0.15) is 5.10 Å². The van der Waals surface area contributed by atoms with Crippen LogP contribution in [0.2, 0.25) is 0 Å². The number of nitrogens with zero attached hydrogens (tertiary/aromatic N) is 2. The lowest BCUT2D eigenvalue weighted by Gasteiger charge is -2.07. The van der Waals surface area contributed by atoms with Crippen molar-refractivity contribution in [2.24, 2.45) is 0 Å². The molecule has 1 amide bonds. The number of rotatable bonds is 8. The largest absolute Gasteiger partial charge is 0.383 e. The first-order valence-electron chi connectivity index (χ1n) is 5.67. The van der Waals surface area contributed by atoms with Gasteiger partial charge in [-0.3, -0.25) is 14.4 Å². The van der Waals surface area contributed by atoms with Gasteiger partial charge in [-0.1, -0.05) is 0 Å². The van der Waals surface area contributed by atoms with Crippen LogP contribution in [0.5, 0.6) is 0 Å². The van der Waals surface area contributed by atoms with Gasteiger partial charge in [0.15, 0.2) is 5.69 Å². The monoisotopic (exact) mass is 271 g/mol. The Morgan fingerprint density at radius 3 is 2.68 bits per heavy atom. The molecule has 1 N–H and O–H groups in total. The Morgan fingerprint density at radius 1 is 1.26 bits per heavy atom. The Labute approximate surface area is 110 Å². The number of amides is 1. The first-order chi connectivity index (χ1) is 9.19. The molecule has 0 aliphatic heterocycles. The molecule has 0 fully saturated rings. The summed E-state index contributed by atoms with van der Waals surface area (Å²) in [6, 6.07) is 2.60. The average Bonchev–Trinajstić information content (AvgIpc) is 2.42. The standard InChI is InChI=1S/C11H17N3O5/c1-17-6-5-14-10(15)4-3-9(12-14)11(16)13-19-8-7-18-2/h3-4H,5-8H2,1-2H3,(H,13,16). The second kappa shape index (κ2) is 8.35. The number of carbonyl (C=O) groups is 1. The maximum Gasteiger partial charge on any atom is 0.295 e. The first-order valence-corrected chi connectivity index (χ1v) is 5.67. The molecule has 1 aromatic heterocycles. The molecule has 0 saturated heterocycles. The quantitative estimate of drug-likeness (QED) is 0.491. The molecule has 0 aliphatic rings. The van der Waals surface area contributed by atoms with Crippen molar-refractivity contribution in [2.75, 3.05) is 34.0 Å². The summed E-state index contributed by atoms with van der Waals surface area (Å²) in [5.74, 6) is -0.526. The molecule has 0 aromatic carbocycles. The van der Waals surface area contributed by atoms with Crippen molar-refractivity contribution in [1.82, 2.24) is 15.3 Å². The van der Waals surface area contributed by atoms with Crippen LogP contribution >= 0.6 is 0 Å². The van der Waals surface area contributed by atoms with Gasteiger partial charge in [0.2, 0.25) is 0 Å². The lowest BCUT2D eigenvalue weighted by atomic mass is 10.4. The maximum absolute atomic E-state index is 11.7. The van der Waals surface area contributed by atoms with Gasteiger partial charge >= 0.3 is 0 Å². The number of hydroxylamine groups is 1. The molecule has 0 bridgehead atoms. The van der Waals surface area contributed by atoms with Crippen molar-refractivity contribution in [2.45, 2.75) is 6.54 Å².